The summed E-state index contributed by atoms with van der Waals surface area (Å²) < 4.78 is 77.3. The lowest BCUT2D eigenvalue weighted by molar-refractivity contribution is -0.139. The Bertz CT molecular complexity index is 1120. The van der Waals surface area contributed by atoms with Crippen molar-refractivity contribution in [1.29, 1.82) is 0 Å². The van der Waals surface area contributed by atoms with Gasteiger partial charge >= 0.3 is 18.4 Å². The van der Waals surface area contributed by atoms with Crippen molar-refractivity contribution in [3.63, 3.8) is 0 Å². The average molecular weight is 519 g/mol. The van der Waals surface area contributed by atoms with Crippen molar-refractivity contribution in [3.05, 3.63) is 58.0 Å². The number of nitrogens with zero attached hydrogens (tertiary/aromatic N) is 4. The molecule has 0 radical (unpaired) electrons. The minimum Gasteiger partial charge on any atom is -0.377 e. The van der Waals surface area contributed by atoms with Crippen LogP contribution in [0, 0.1) is 0 Å². The van der Waals surface area contributed by atoms with Gasteiger partial charge in [-0.2, -0.15) is 31.4 Å². The van der Waals surface area contributed by atoms with Crippen LogP contribution in [0.5, 0.6) is 0 Å². The van der Waals surface area contributed by atoms with Crippen LogP contribution in [0.1, 0.15) is 42.6 Å². The molecule has 36 heavy (non-hydrogen) atoms. The van der Waals surface area contributed by atoms with E-state index in [4.69, 9.17) is 0 Å². The van der Waals surface area contributed by atoms with Gasteiger partial charge in [-0.25, -0.2) is 19.9 Å². The van der Waals surface area contributed by atoms with Gasteiger partial charge in [0, 0.05) is 44.0 Å². The molecule has 1 aliphatic rings. The zero-order chi connectivity index (χ0) is 26.5. The smallest absolute Gasteiger partial charge is 0.377 e. The molecule has 3 heterocycles. The van der Waals surface area contributed by atoms with E-state index in [0.29, 0.717) is 31.8 Å². The monoisotopic (exact) mass is 519 g/mol. The number of aromatic amines is 1. The highest BCUT2D eigenvalue weighted by Crippen LogP contribution is 2.32. The number of aromatic nitrogens is 4. The van der Waals surface area contributed by atoms with E-state index in [1.807, 2.05) is 0 Å². The lowest BCUT2D eigenvalue weighted by Crippen LogP contribution is -2.44. The number of likely N-dealkylation sites (tertiary alicyclic amines) is 1. The lowest BCUT2D eigenvalue weighted by atomic mass is 9.96. The standard InChI is InChI=1S/C21H23F6N7O2/c1-12(32-15-11-31-33-18(35)16(15)21(25,26)27)3-2-6-28-19(36)34-7-4-13(5-8-34)17-29-9-14(10-30-17)20(22,23)24/h2-3,9-13H,4-8H2,1H3,(H,28,36)(H2,32,33,35)/b3-2+. The first-order chi connectivity index (χ1) is 16.9. The van der Waals surface area contributed by atoms with Crippen LogP contribution in [-0.2, 0) is 12.4 Å². The number of urea groups is 1. The van der Waals surface area contributed by atoms with Gasteiger partial charge in [-0.1, -0.05) is 12.2 Å². The molecule has 1 aliphatic heterocycles. The fourth-order valence-electron chi connectivity index (χ4n) is 3.65. The molecule has 1 unspecified atom stereocenters. The summed E-state index contributed by atoms with van der Waals surface area (Å²) in [6.45, 7) is 2.39. The van der Waals surface area contributed by atoms with Gasteiger partial charge in [-0.05, 0) is 19.8 Å². The van der Waals surface area contributed by atoms with Crippen LogP contribution in [0.4, 0.5) is 36.8 Å². The van der Waals surface area contributed by atoms with Crippen LogP contribution in [0.3, 0.4) is 0 Å². The summed E-state index contributed by atoms with van der Waals surface area (Å²) >= 11 is 0. The number of carbonyl (C=O) groups excluding carboxylic acids is 1. The molecule has 1 saturated heterocycles. The molecular formula is C21H23F6N7O2. The molecule has 1 fully saturated rings. The molecule has 0 aliphatic carbocycles. The van der Waals surface area contributed by atoms with E-state index in [9.17, 15) is 35.9 Å². The second-order valence-electron chi connectivity index (χ2n) is 8.12. The number of alkyl halides is 6. The number of carbonyl (C=O) groups is 1. The predicted octanol–water partition coefficient (Wildman–Crippen LogP) is 3.54. The van der Waals surface area contributed by atoms with E-state index in [2.05, 4.69) is 25.7 Å². The third kappa shape index (κ3) is 6.95. The fourth-order valence-corrected chi connectivity index (χ4v) is 3.65. The zero-order valence-corrected chi connectivity index (χ0v) is 19.0. The summed E-state index contributed by atoms with van der Waals surface area (Å²) in [4.78, 5) is 33.1. The van der Waals surface area contributed by atoms with E-state index in [-0.39, 0.29) is 18.5 Å². The maximum absolute atomic E-state index is 13.1. The Hall–Kier alpha value is -3.65. The molecule has 1 atom stereocenters. The molecule has 3 rings (SSSR count). The van der Waals surface area contributed by atoms with Crippen LogP contribution in [0.15, 0.2) is 35.5 Å². The van der Waals surface area contributed by atoms with Gasteiger partial charge in [-0.15, -0.1) is 0 Å². The summed E-state index contributed by atoms with van der Waals surface area (Å²) in [7, 11) is 0. The third-order valence-electron chi connectivity index (χ3n) is 5.47. The summed E-state index contributed by atoms with van der Waals surface area (Å²) in [5.74, 6) is 0.140. The highest BCUT2D eigenvalue weighted by Gasteiger charge is 2.37. The molecule has 3 N–H and O–H groups in total. The third-order valence-corrected chi connectivity index (χ3v) is 5.47. The van der Waals surface area contributed by atoms with Crippen molar-refractivity contribution in [2.45, 2.75) is 44.1 Å². The van der Waals surface area contributed by atoms with Gasteiger partial charge in [0.1, 0.15) is 11.4 Å². The molecular weight excluding hydrogens is 496 g/mol. The first-order valence-electron chi connectivity index (χ1n) is 10.9. The topological polar surface area (TPSA) is 116 Å². The Kier molecular flexibility index (Phi) is 8.20. The number of piperidine rings is 1. The van der Waals surface area contributed by atoms with Crippen LogP contribution >= 0.6 is 0 Å². The quantitative estimate of drug-likeness (QED) is 0.397. The van der Waals surface area contributed by atoms with Crippen molar-refractivity contribution in [1.82, 2.24) is 30.4 Å². The Morgan fingerprint density at radius 3 is 2.36 bits per heavy atom. The van der Waals surface area contributed by atoms with Crippen LogP contribution < -0.4 is 16.2 Å². The molecule has 0 spiro atoms. The van der Waals surface area contributed by atoms with Crippen LogP contribution in [0.25, 0.3) is 0 Å². The van der Waals surface area contributed by atoms with Gasteiger partial charge in [0.2, 0.25) is 0 Å². The van der Waals surface area contributed by atoms with E-state index in [1.165, 1.54) is 6.08 Å². The number of halogens is 6. The minimum absolute atomic E-state index is 0.104. The second kappa shape index (κ2) is 11.0. The van der Waals surface area contributed by atoms with E-state index in [0.717, 1.165) is 18.6 Å². The normalized spacial score (nSPS) is 16.2. The Morgan fingerprint density at radius 2 is 1.78 bits per heavy atom. The molecule has 0 aromatic carbocycles. The number of amides is 2. The maximum atomic E-state index is 13.1. The zero-order valence-electron chi connectivity index (χ0n) is 19.0. The van der Waals surface area contributed by atoms with E-state index in [1.54, 1.807) is 23.0 Å². The fraction of sp³-hybridized carbons (Fsp3) is 0.476. The number of hydrogen-bond donors (Lipinski definition) is 3. The molecule has 196 valence electrons. The van der Waals surface area contributed by atoms with E-state index >= 15 is 0 Å². The molecule has 0 saturated carbocycles. The Morgan fingerprint density at radius 1 is 1.14 bits per heavy atom. The second-order valence-corrected chi connectivity index (χ2v) is 8.12. The largest absolute Gasteiger partial charge is 0.423 e. The van der Waals surface area contributed by atoms with Crippen molar-refractivity contribution < 1.29 is 31.1 Å². The molecule has 9 nitrogen and oxygen atoms in total. The average Bonchev–Trinajstić information content (AvgIpc) is 2.80. The van der Waals surface area contributed by atoms with Crippen LogP contribution in [-0.4, -0.2) is 56.8 Å². The summed E-state index contributed by atoms with van der Waals surface area (Å²) in [6.07, 6.45) is -2.95. The number of H-pyrrole nitrogens is 1. The van der Waals surface area contributed by atoms with Crippen molar-refractivity contribution in [2.75, 3.05) is 25.0 Å². The molecule has 2 aromatic rings. The van der Waals surface area contributed by atoms with Crippen molar-refractivity contribution in [3.8, 4) is 0 Å². The highest BCUT2D eigenvalue weighted by atomic mass is 19.4. The number of anilines is 1. The van der Waals surface area contributed by atoms with Gasteiger partial charge in [-0.3, -0.25) is 4.79 Å². The van der Waals surface area contributed by atoms with Crippen molar-refractivity contribution in [2.24, 2.45) is 0 Å². The van der Waals surface area contributed by atoms with Gasteiger partial charge in [0.25, 0.3) is 5.56 Å². The first kappa shape index (κ1) is 26.9. The van der Waals surface area contributed by atoms with E-state index < -0.39 is 40.8 Å². The lowest BCUT2D eigenvalue weighted by Gasteiger charge is -2.31. The van der Waals surface area contributed by atoms with Gasteiger partial charge in [0.15, 0.2) is 0 Å². The summed E-state index contributed by atoms with van der Waals surface area (Å²) in [5.41, 5.74) is -4.12. The molecule has 0 bridgehead atoms. The van der Waals surface area contributed by atoms with Gasteiger partial charge in [0.05, 0.1) is 17.4 Å². The molecule has 2 aromatic heterocycles. The SMILES string of the molecule is CC(/C=C/CNC(=O)N1CCC(c2ncc(C(F)(F)F)cn2)CC1)Nc1cn[nH]c(=O)c1C(F)(F)F. The van der Waals surface area contributed by atoms with Crippen LogP contribution in [0.2, 0.25) is 0 Å². The number of nitrogens with one attached hydrogen (secondary N) is 3. The molecule has 2 amide bonds. The number of rotatable bonds is 6. The summed E-state index contributed by atoms with van der Waals surface area (Å²) in [6, 6.07) is -0.962. The minimum atomic E-state index is -4.86. The predicted molar refractivity (Wildman–Crippen MR) is 116 cm³/mol. The van der Waals surface area contributed by atoms with Crippen molar-refractivity contribution >= 4 is 11.7 Å². The highest BCUT2D eigenvalue weighted by molar-refractivity contribution is 5.74. The maximum Gasteiger partial charge on any atom is 0.423 e. The van der Waals surface area contributed by atoms with Gasteiger partial charge < -0.3 is 15.5 Å². The molecule has 15 heteroatoms. The summed E-state index contributed by atoms with van der Waals surface area (Å²) in [5, 5.41) is 10.4. The number of hydrogen-bond acceptors (Lipinski definition) is 6. The Labute approximate surface area is 201 Å². The Balaban J connectivity index is 1.45. The first-order valence-corrected chi connectivity index (χ1v) is 10.9.